The van der Waals surface area contributed by atoms with Crippen LogP contribution in [0.15, 0.2) is 0 Å². The Morgan fingerprint density at radius 2 is 1.67 bits per heavy atom. The van der Waals surface area contributed by atoms with Crippen LogP contribution >= 0.6 is 31.4 Å². The summed E-state index contributed by atoms with van der Waals surface area (Å²) >= 11 is 0. The standard InChI is InChI=1S/C6H10S3/c1-2-4-5(3-1)6-7-9-8-6/h5-6H,1-4H2. The van der Waals surface area contributed by atoms with E-state index in [0.717, 1.165) is 10.5 Å². The van der Waals surface area contributed by atoms with Crippen molar-refractivity contribution >= 4 is 31.4 Å². The van der Waals surface area contributed by atoms with E-state index in [1.165, 1.54) is 25.7 Å². The van der Waals surface area contributed by atoms with Crippen molar-refractivity contribution in [3.8, 4) is 0 Å². The van der Waals surface area contributed by atoms with Gasteiger partial charge in [-0.25, -0.2) is 0 Å². The summed E-state index contributed by atoms with van der Waals surface area (Å²) in [6.07, 6.45) is 6.00. The molecule has 0 bridgehead atoms. The van der Waals surface area contributed by atoms with Gasteiger partial charge in [0.15, 0.2) is 0 Å². The molecule has 0 nitrogen and oxygen atoms in total. The first-order valence-electron chi connectivity index (χ1n) is 3.45. The maximum Gasteiger partial charge on any atom is 0.0754 e. The first kappa shape index (κ1) is 6.74. The van der Waals surface area contributed by atoms with Crippen molar-refractivity contribution in [1.29, 1.82) is 0 Å². The van der Waals surface area contributed by atoms with Gasteiger partial charge in [-0.05, 0) is 28.6 Å². The minimum atomic E-state index is 0.970. The van der Waals surface area contributed by atoms with Crippen molar-refractivity contribution in [2.24, 2.45) is 5.92 Å². The van der Waals surface area contributed by atoms with E-state index in [4.69, 9.17) is 0 Å². The normalized spacial score (nSPS) is 30.7. The molecule has 2 aliphatic rings. The molecule has 0 aromatic heterocycles. The van der Waals surface area contributed by atoms with Crippen LogP contribution in [0.2, 0.25) is 0 Å². The molecule has 1 heterocycles. The van der Waals surface area contributed by atoms with E-state index in [9.17, 15) is 0 Å². The Bertz CT molecular complexity index is 94.5. The predicted molar refractivity (Wildman–Crippen MR) is 48.5 cm³/mol. The van der Waals surface area contributed by atoms with Gasteiger partial charge < -0.3 is 0 Å². The topological polar surface area (TPSA) is 0 Å². The Morgan fingerprint density at radius 1 is 1.00 bits per heavy atom. The van der Waals surface area contributed by atoms with Crippen LogP contribution in [0, 0.1) is 5.92 Å². The van der Waals surface area contributed by atoms with Crippen molar-refractivity contribution < 1.29 is 0 Å². The molecule has 3 heteroatoms. The Kier molecular flexibility index (Phi) is 2.23. The van der Waals surface area contributed by atoms with Gasteiger partial charge in [0, 0.05) is 0 Å². The van der Waals surface area contributed by atoms with Gasteiger partial charge in [0.05, 0.1) is 4.58 Å². The first-order chi connectivity index (χ1) is 4.47. The number of hydrogen-bond donors (Lipinski definition) is 0. The van der Waals surface area contributed by atoms with Crippen molar-refractivity contribution in [3.05, 3.63) is 0 Å². The SMILES string of the molecule is C1CCC(C2SSS2)C1. The van der Waals surface area contributed by atoms with Gasteiger partial charge in [0.2, 0.25) is 0 Å². The zero-order valence-corrected chi connectivity index (χ0v) is 7.66. The Labute approximate surface area is 67.7 Å². The largest absolute Gasteiger partial charge is 0.0754 e. The molecule has 0 aromatic rings. The molecule has 1 aliphatic carbocycles. The van der Waals surface area contributed by atoms with Crippen LogP contribution in [-0.2, 0) is 0 Å². The molecule has 0 aromatic carbocycles. The first-order valence-corrected chi connectivity index (χ1v) is 7.06. The average Bonchev–Trinajstić information content (AvgIpc) is 2.11. The lowest BCUT2D eigenvalue weighted by molar-refractivity contribution is 0.603. The lowest BCUT2D eigenvalue weighted by Crippen LogP contribution is -2.11. The number of rotatable bonds is 1. The van der Waals surface area contributed by atoms with E-state index in [1.54, 1.807) is 0 Å². The average molecular weight is 178 g/mol. The lowest BCUT2D eigenvalue weighted by Gasteiger charge is -2.27. The van der Waals surface area contributed by atoms with Gasteiger partial charge >= 0.3 is 0 Å². The maximum atomic E-state index is 2.08. The fraction of sp³-hybridized carbons (Fsp3) is 1.00. The minimum absolute atomic E-state index is 0.970. The minimum Gasteiger partial charge on any atom is -0.0669 e. The summed E-state index contributed by atoms with van der Waals surface area (Å²) in [7, 11) is 6.13. The van der Waals surface area contributed by atoms with Crippen molar-refractivity contribution in [2.75, 3.05) is 0 Å². The Hall–Kier alpha value is 1.05. The second-order valence-corrected chi connectivity index (χ2v) is 7.30. The van der Waals surface area contributed by atoms with E-state index in [2.05, 4.69) is 21.6 Å². The summed E-state index contributed by atoms with van der Waals surface area (Å²) in [4.78, 5) is 0. The molecule has 0 unspecified atom stereocenters. The monoisotopic (exact) mass is 178 g/mol. The highest BCUT2D eigenvalue weighted by Crippen LogP contribution is 2.61. The van der Waals surface area contributed by atoms with Gasteiger partial charge in [-0.3, -0.25) is 0 Å². The molecular formula is C6H10S3. The third-order valence-electron chi connectivity index (χ3n) is 2.05. The van der Waals surface area contributed by atoms with Crippen LogP contribution in [-0.4, -0.2) is 4.58 Å². The Balaban J connectivity index is 1.82. The van der Waals surface area contributed by atoms with Crippen molar-refractivity contribution in [2.45, 2.75) is 30.3 Å². The van der Waals surface area contributed by atoms with Crippen LogP contribution in [0.25, 0.3) is 0 Å². The van der Waals surface area contributed by atoms with Gasteiger partial charge in [0.1, 0.15) is 0 Å². The predicted octanol–water partition coefficient (Wildman–Crippen LogP) is 3.55. The molecule has 0 radical (unpaired) electrons. The van der Waals surface area contributed by atoms with Crippen molar-refractivity contribution in [3.63, 3.8) is 0 Å². The Morgan fingerprint density at radius 3 is 2.11 bits per heavy atom. The second kappa shape index (κ2) is 2.97. The zero-order chi connectivity index (χ0) is 6.10. The zero-order valence-electron chi connectivity index (χ0n) is 5.21. The fourth-order valence-electron chi connectivity index (χ4n) is 1.47. The molecule has 2 fully saturated rings. The summed E-state index contributed by atoms with van der Waals surface area (Å²) in [5.41, 5.74) is 0. The summed E-state index contributed by atoms with van der Waals surface area (Å²) in [5.74, 6) is 1.07. The highest BCUT2D eigenvalue weighted by Gasteiger charge is 2.31. The van der Waals surface area contributed by atoms with Crippen LogP contribution in [0.4, 0.5) is 0 Å². The van der Waals surface area contributed by atoms with Crippen LogP contribution in [0.1, 0.15) is 25.7 Å². The van der Waals surface area contributed by atoms with E-state index in [-0.39, 0.29) is 0 Å². The molecule has 1 saturated heterocycles. The van der Waals surface area contributed by atoms with Crippen LogP contribution in [0.3, 0.4) is 0 Å². The fourth-order valence-corrected chi connectivity index (χ4v) is 5.47. The lowest BCUT2D eigenvalue weighted by atomic mass is 10.1. The van der Waals surface area contributed by atoms with E-state index in [0.29, 0.717) is 0 Å². The smallest absolute Gasteiger partial charge is 0.0669 e. The summed E-state index contributed by atoms with van der Waals surface area (Å²) < 4.78 is 0.970. The molecular weight excluding hydrogens is 168 g/mol. The maximum absolute atomic E-state index is 2.08. The van der Waals surface area contributed by atoms with Crippen molar-refractivity contribution in [1.82, 2.24) is 0 Å². The third-order valence-corrected chi connectivity index (χ3v) is 7.80. The second-order valence-electron chi connectivity index (χ2n) is 2.67. The van der Waals surface area contributed by atoms with E-state index in [1.807, 2.05) is 9.83 Å². The summed E-state index contributed by atoms with van der Waals surface area (Å²) in [6, 6.07) is 0. The van der Waals surface area contributed by atoms with Crippen LogP contribution < -0.4 is 0 Å². The summed E-state index contributed by atoms with van der Waals surface area (Å²) in [5, 5.41) is 0. The molecule has 9 heavy (non-hydrogen) atoms. The highest BCUT2D eigenvalue weighted by atomic mass is 33.5. The molecule has 0 spiro atoms. The third kappa shape index (κ3) is 1.38. The summed E-state index contributed by atoms with van der Waals surface area (Å²) in [6.45, 7) is 0. The van der Waals surface area contributed by atoms with Gasteiger partial charge in [-0.2, -0.15) is 0 Å². The molecule has 52 valence electrons. The van der Waals surface area contributed by atoms with E-state index < -0.39 is 0 Å². The van der Waals surface area contributed by atoms with E-state index >= 15 is 0 Å². The quantitative estimate of drug-likeness (QED) is 0.564. The van der Waals surface area contributed by atoms with Gasteiger partial charge in [-0.15, -0.1) is 0 Å². The highest BCUT2D eigenvalue weighted by molar-refractivity contribution is 9.17. The van der Waals surface area contributed by atoms with Gasteiger partial charge in [-0.1, -0.05) is 34.4 Å². The molecule has 2 rings (SSSR count). The molecule has 1 aliphatic heterocycles. The van der Waals surface area contributed by atoms with Gasteiger partial charge in [0.25, 0.3) is 0 Å². The molecule has 0 amide bonds. The van der Waals surface area contributed by atoms with Crippen LogP contribution in [0.5, 0.6) is 0 Å². The molecule has 0 atom stereocenters. The molecule has 1 saturated carbocycles. The molecule has 0 N–H and O–H groups in total. The number of hydrogen-bond acceptors (Lipinski definition) is 3.